The van der Waals surface area contributed by atoms with E-state index in [2.05, 4.69) is 27.1 Å². The summed E-state index contributed by atoms with van der Waals surface area (Å²) in [5.74, 6) is -8.24. The van der Waals surface area contributed by atoms with Gasteiger partial charge in [-0.05, 0) is 47.6 Å². The summed E-state index contributed by atoms with van der Waals surface area (Å²) in [6.07, 6.45) is -2.77. The topological polar surface area (TPSA) is 82.4 Å². The van der Waals surface area contributed by atoms with Crippen LogP contribution in [0.2, 0.25) is 10.0 Å². The summed E-state index contributed by atoms with van der Waals surface area (Å²) < 4.78 is 75.7. The number of halogens is 7. The quantitative estimate of drug-likeness (QED) is 0.110. The van der Waals surface area contributed by atoms with Crippen LogP contribution in [-0.4, -0.2) is 48.2 Å². The molecular formula is C36H32Cl2F5N3O3. The highest BCUT2D eigenvalue weighted by molar-refractivity contribution is 6.31. The number of nitrogens with one attached hydrogen (secondary N) is 1. The van der Waals surface area contributed by atoms with Crippen molar-refractivity contribution in [1.29, 1.82) is 5.26 Å². The number of hydrogen-bond acceptors (Lipinski definition) is 6. The van der Waals surface area contributed by atoms with E-state index in [0.29, 0.717) is 19.5 Å². The van der Waals surface area contributed by atoms with E-state index < -0.39 is 63.6 Å². The normalized spacial score (nSPS) is 23.1. The Morgan fingerprint density at radius 3 is 2.39 bits per heavy atom. The minimum absolute atomic E-state index is 0.0122. The van der Waals surface area contributed by atoms with E-state index in [1.54, 1.807) is 0 Å². The molecule has 4 atom stereocenters. The molecule has 0 aromatic heterocycles. The molecule has 2 heterocycles. The maximum absolute atomic E-state index is 16.0. The van der Waals surface area contributed by atoms with Crippen molar-refractivity contribution in [1.82, 2.24) is 10.2 Å². The lowest BCUT2D eigenvalue weighted by Gasteiger charge is -2.40. The Morgan fingerprint density at radius 1 is 1.06 bits per heavy atom. The third kappa shape index (κ3) is 7.38. The molecule has 0 bridgehead atoms. The summed E-state index contributed by atoms with van der Waals surface area (Å²) in [7, 11) is 0. The molecule has 0 aliphatic carbocycles. The summed E-state index contributed by atoms with van der Waals surface area (Å²) in [6.45, 7) is 5.87. The first-order valence-electron chi connectivity index (χ1n) is 15.4. The van der Waals surface area contributed by atoms with Crippen LogP contribution in [0.5, 0.6) is 0 Å². The van der Waals surface area contributed by atoms with Gasteiger partial charge in [-0.25, -0.2) is 18.4 Å². The van der Waals surface area contributed by atoms with E-state index in [1.807, 2.05) is 44.2 Å². The summed E-state index contributed by atoms with van der Waals surface area (Å²) in [5.41, 5.74) is -1.34. The molecule has 1 saturated heterocycles. The Kier molecular flexibility index (Phi) is 10.6. The fraction of sp³-hybridized carbons (Fsp3) is 0.361. The van der Waals surface area contributed by atoms with Gasteiger partial charge >= 0.3 is 18.1 Å². The maximum atomic E-state index is 16.0. The van der Waals surface area contributed by atoms with Crippen LogP contribution in [0.1, 0.15) is 49.3 Å². The van der Waals surface area contributed by atoms with Crippen LogP contribution < -0.4 is 5.32 Å². The Labute approximate surface area is 290 Å². The Balaban J connectivity index is 1.60. The second kappa shape index (κ2) is 14.2. The first kappa shape index (κ1) is 36.5. The highest BCUT2D eigenvalue weighted by atomic mass is 35.5. The van der Waals surface area contributed by atoms with Crippen molar-refractivity contribution in [3.63, 3.8) is 0 Å². The van der Waals surface area contributed by atoms with Gasteiger partial charge in [-0.3, -0.25) is 10.2 Å². The zero-order chi connectivity index (χ0) is 35.7. The average Bonchev–Trinajstić information content (AvgIpc) is 3.36. The molecule has 49 heavy (non-hydrogen) atoms. The third-order valence-electron chi connectivity index (χ3n) is 9.44. The second-order valence-corrected chi connectivity index (χ2v) is 13.8. The van der Waals surface area contributed by atoms with Crippen LogP contribution in [-0.2, 0) is 26.3 Å². The molecule has 1 N–H and O–H groups in total. The number of benzene rings is 3. The van der Waals surface area contributed by atoms with Gasteiger partial charge in [0, 0.05) is 42.2 Å². The predicted octanol–water partition coefficient (Wildman–Crippen LogP) is 8.04. The first-order chi connectivity index (χ1) is 23.1. The van der Waals surface area contributed by atoms with E-state index in [0.717, 1.165) is 23.7 Å². The molecular weight excluding hydrogens is 688 g/mol. The van der Waals surface area contributed by atoms with Crippen LogP contribution >= 0.6 is 23.2 Å². The summed E-state index contributed by atoms with van der Waals surface area (Å²) in [5, 5.41) is 13.5. The SMILES string of the molecule is CC(C)(C[C@@H]1N[C@@H](C(=O)OC(=O)C(F)(F)F)[C@H](c2cccc(Cl)c2F)[C@@]1(C#N)c1ccc(Cl)cc1F)C1=CCN(Cc2ccccc2)CC1. The van der Waals surface area contributed by atoms with Crippen molar-refractivity contribution in [2.75, 3.05) is 13.1 Å². The zero-order valence-corrected chi connectivity index (χ0v) is 28.0. The number of nitriles is 1. The fourth-order valence-corrected chi connectivity index (χ4v) is 7.43. The number of ether oxygens (including phenoxy) is 1. The number of nitrogens with zero attached hydrogens (tertiary/aromatic N) is 2. The smallest absolute Gasteiger partial charge is 0.385 e. The molecule has 0 radical (unpaired) electrons. The molecule has 0 amide bonds. The van der Waals surface area contributed by atoms with Gasteiger partial charge in [0.15, 0.2) is 0 Å². The first-order valence-corrected chi connectivity index (χ1v) is 16.2. The molecule has 258 valence electrons. The van der Waals surface area contributed by atoms with Gasteiger partial charge in [0.05, 0.1) is 11.1 Å². The van der Waals surface area contributed by atoms with Gasteiger partial charge in [0.2, 0.25) is 0 Å². The lowest BCUT2D eigenvalue weighted by atomic mass is 9.61. The number of esters is 2. The number of carbonyl (C=O) groups is 2. The lowest BCUT2D eigenvalue weighted by molar-refractivity contribution is -0.202. The average molecular weight is 721 g/mol. The summed E-state index contributed by atoms with van der Waals surface area (Å²) in [6, 6.07) is 16.2. The van der Waals surface area contributed by atoms with Crippen molar-refractivity contribution >= 4 is 35.1 Å². The molecule has 0 spiro atoms. The van der Waals surface area contributed by atoms with Gasteiger partial charge in [-0.2, -0.15) is 18.4 Å². The van der Waals surface area contributed by atoms with Gasteiger partial charge in [0.25, 0.3) is 0 Å². The molecule has 2 aliphatic heterocycles. The largest absolute Gasteiger partial charge is 0.491 e. The van der Waals surface area contributed by atoms with Gasteiger partial charge < -0.3 is 4.74 Å². The van der Waals surface area contributed by atoms with E-state index in [9.17, 15) is 28.0 Å². The van der Waals surface area contributed by atoms with E-state index >= 15 is 8.78 Å². The van der Waals surface area contributed by atoms with E-state index in [-0.39, 0.29) is 22.6 Å². The van der Waals surface area contributed by atoms with E-state index in [4.69, 9.17) is 23.2 Å². The maximum Gasteiger partial charge on any atom is 0.491 e. The monoisotopic (exact) mass is 719 g/mol. The van der Waals surface area contributed by atoms with Crippen LogP contribution in [0.15, 0.2) is 78.4 Å². The van der Waals surface area contributed by atoms with Gasteiger partial charge in [-0.15, -0.1) is 0 Å². The number of rotatable bonds is 8. The third-order valence-corrected chi connectivity index (χ3v) is 9.96. The number of carbonyl (C=O) groups excluding carboxylic acids is 2. The van der Waals surface area contributed by atoms with Gasteiger partial charge in [0.1, 0.15) is 23.1 Å². The van der Waals surface area contributed by atoms with E-state index in [1.165, 1.54) is 30.3 Å². The lowest BCUT2D eigenvalue weighted by Crippen LogP contribution is -2.46. The molecule has 3 aromatic carbocycles. The number of hydrogen-bond donors (Lipinski definition) is 1. The van der Waals surface area contributed by atoms with Crippen molar-refractivity contribution < 1.29 is 36.3 Å². The highest BCUT2D eigenvalue weighted by Gasteiger charge is 2.62. The molecule has 13 heteroatoms. The van der Waals surface area contributed by atoms with Crippen molar-refractivity contribution in [3.05, 3.63) is 117 Å². The van der Waals surface area contributed by atoms with Gasteiger partial charge in [-0.1, -0.05) is 97.2 Å². The fourth-order valence-electron chi connectivity index (χ4n) is 7.09. The molecule has 6 nitrogen and oxygen atoms in total. The minimum Gasteiger partial charge on any atom is -0.385 e. The highest BCUT2D eigenvalue weighted by Crippen LogP contribution is 2.54. The van der Waals surface area contributed by atoms with Crippen LogP contribution in [0.4, 0.5) is 22.0 Å². The predicted molar refractivity (Wildman–Crippen MR) is 174 cm³/mol. The summed E-state index contributed by atoms with van der Waals surface area (Å²) in [4.78, 5) is 27.5. The van der Waals surface area contributed by atoms with Crippen molar-refractivity contribution in [2.24, 2.45) is 5.41 Å². The minimum atomic E-state index is -5.52. The molecule has 0 saturated carbocycles. The number of alkyl halides is 3. The van der Waals surface area contributed by atoms with Crippen molar-refractivity contribution in [2.45, 2.75) is 62.8 Å². The van der Waals surface area contributed by atoms with Crippen LogP contribution in [0.25, 0.3) is 0 Å². The Hall–Kier alpha value is -3.82. The second-order valence-electron chi connectivity index (χ2n) is 12.9. The molecule has 1 fully saturated rings. The van der Waals surface area contributed by atoms with Crippen molar-refractivity contribution in [3.8, 4) is 6.07 Å². The molecule has 5 rings (SSSR count). The molecule has 2 aliphatic rings. The Morgan fingerprint density at radius 2 is 1.78 bits per heavy atom. The molecule has 3 aromatic rings. The zero-order valence-electron chi connectivity index (χ0n) is 26.5. The van der Waals surface area contributed by atoms with Crippen LogP contribution in [0.3, 0.4) is 0 Å². The standard InChI is InChI=1S/C36H32Cl2F5N3O3/c1-34(2,22-13-15-46(16-14-22)19-21-7-4-3-5-8-21)18-28-35(20-44,25-12-11-23(37)17-27(25)39)29(24-9-6-10-26(38)30(24)40)31(45-28)32(47)49-33(48)36(41,42)43/h3-13,17,28-29,31,45H,14-16,18-19H2,1-2H3/t28-,29-,31+,35-/m0/s1. The molecule has 0 unspecified atom stereocenters. The summed E-state index contributed by atoms with van der Waals surface area (Å²) >= 11 is 12.2. The Bertz CT molecular complexity index is 1810. The van der Waals surface area contributed by atoms with Crippen LogP contribution in [0, 0.1) is 28.4 Å².